The molecule has 0 atom stereocenters. The second-order valence-corrected chi connectivity index (χ2v) is 8.12. The average Bonchev–Trinajstić information content (AvgIpc) is 3.46. The van der Waals surface area contributed by atoms with E-state index in [4.69, 9.17) is 9.47 Å². The van der Waals surface area contributed by atoms with E-state index in [1.165, 1.54) is 30.3 Å². The van der Waals surface area contributed by atoms with Gasteiger partial charge in [0.05, 0.1) is 23.7 Å². The number of nitriles is 1. The maximum Gasteiger partial charge on any atom is 0.332 e. The van der Waals surface area contributed by atoms with Crippen molar-refractivity contribution in [3.63, 3.8) is 0 Å². The van der Waals surface area contributed by atoms with Crippen LogP contribution >= 0.6 is 0 Å². The van der Waals surface area contributed by atoms with Gasteiger partial charge < -0.3 is 14.5 Å². The standard InChI is InChI=1S/C25H21N7O4/c1-30-20-22(31(2)25(34)32(3)23(20)33)29-24(30)36-18-10-9-14(12-19(18)35-4)11-15(13-26)21-27-16-7-5-6-8-17(16)28-21/h5-12H,1-4H3,(H,27,28)/b15-11-. The van der Waals surface area contributed by atoms with Gasteiger partial charge in [-0.3, -0.25) is 18.5 Å². The van der Waals surface area contributed by atoms with E-state index >= 15 is 0 Å². The van der Waals surface area contributed by atoms with E-state index in [-0.39, 0.29) is 17.2 Å². The second-order valence-electron chi connectivity index (χ2n) is 8.12. The zero-order chi connectivity index (χ0) is 25.6. The molecule has 0 amide bonds. The Bertz CT molecular complexity index is 1810. The number of allylic oxidation sites excluding steroid dienone is 1. The van der Waals surface area contributed by atoms with Crippen LogP contribution in [0.2, 0.25) is 0 Å². The van der Waals surface area contributed by atoms with E-state index in [1.807, 2.05) is 24.3 Å². The highest BCUT2D eigenvalue weighted by Gasteiger charge is 2.19. The topological polar surface area (TPSA) is 133 Å². The van der Waals surface area contributed by atoms with Crippen molar-refractivity contribution >= 4 is 33.8 Å². The van der Waals surface area contributed by atoms with Crippen LogP contribution < -0.4 is 20.7 Å². The van der Waals surface area contributed by atoms with Crippen molar-refractivity contribution in [2.75, 3.05) is 7.11 Å². The molecule has 2 aromatic carbocycles. The SMILES string of the molecule is COc1cc(/C=C(/C#N)c2nc3ccccc3[nH]2)ccc1Oc1nc2c(c(=O)n(C)c(=O)n2C)n1C. The number of H-pyrrole nitrogens is 1. The van der Waals surface area contributed by atoms with Crippen LogP contribution in [0.15, 0.2) is 52.1 Å². The van der Waals surface area contributed by atoms with Crippen LogP contribution in [0.25, 0.3) is 33.8 Å². The Balaban J connectivity index is 1.52. The highest BCUT2D eigenvalue weighted by molar-refractivity contribution is 5.90. The second kappa shape index (κ2) is 8.59. The molecule has 5 aromatic rings. The highest BCUT2D eigenvalue weighted by Crippen LogP contribution is 2.33. The van der Waals surface area contributed by atoms with E-state index in [0.29, 0.717) is 28.5 Å². The van der Waals surface area contributed by atoms with Crippen molar-refractivity contribution < 1.29 is 9.47 Å². The minimum Gasteiger partial charge on any atom is -0.493 e. The summed E-state index contributed by atoms with van der Waals surface area (Å²) < 4.78 is 15.3. The molecule has 11 nitrogen and oxygen atoms in total. The third-order valence-electron chi connectivity index (χ3n) is 5.90. The number of aromatic amines is 1. The molecule has 0 unspecified atom stereocenters. The molecule has 3 heterocycles. The number of nitrogens with zero attached hydrogens (tertiary/aromatic N) is 6. The number of methoxy groups -OCH3 is 1. The molecule has 0 spiro atoms. The lowest BCUT2D eigenvalue weighted by Crippen LogP contribution is -2.37. The van der Waals surface area contributed by atoms with Gasteiger partial charge >= 0.3 is 11.7 Å². The Morgan fingerprint density at radius 1 is 1.03 bits per heavy atom. The predicted molar refractivity (Wildman–Crippen MR) is 134 cm³/mol. The van der Waals surface area contributed by atoms with Gasteiger partial charge in [0.1, 0.15) is 11.9 Å². The maximum absolute atomic E-state index is 12.6. The van der Waals surface area contributed by atoms with E-state index in [1.54, 1.807) is 31.3 Å². The van der Waals surface area contributed by atoms with Gasteiger partial charge in [-0.2, -0.15) is 10.2 Å². The molecular weight excluding hydrogens is 462 g/mol. The minimum atomic E-state index is -0.483. The number of benzene rings is 2. The molecular formula is C25H21N7O4. The third kappa shape index (κ3) is 3.61. The Kier molecular flexibility index (Phi) is 5.41. The Labute approximate surface area is 204 Å². The number of aryl methyl sites for hydroxylation is 2. The van der Waals surface area contributed by atoms with Crippen molar-refractivity contribution in [2.45, 2.75) is 0 Å². The minimum absolute atomic E-state index is 0.116. The van der Waals surface area contributed by atoms with Crippen molar-refractivity contribution in [1.29, 1.82) is 5.26 Å². The monoisotopic (exact) mass is 483 g/mol. The number of fused-ring (bicyclic) bond motifs is 2. The van der Waals surface area contributed by atoms with Gasteiger partial charge in [-0.1, -0.05) is 18.2 Å². The Morgan fingerprint density at radius 3 is 2.53 bits per heavy atom. The van der Waals surface area contributed by atoms with E-state index in [9.17, 15) is 14.9 Å². The summed E-state index contributed by atoms with van der Waals surface area (Å²) >= 11 is 0. The molecule has 0 aliphatic rings. The summed E-state index contributed by atoms with van der Waals surface area (Å²) in [5.74, 6) is 1.20. The van der Waals surface area contributed by atoms with Crippen molar-refractivity contribution in [3.05, 3.63) is 74.7 Å². The summed E-state index contributed by atoms with van der Waals surface area (Å²) in [5.41, 5.74) is 2.14. The fourth-order valence-electron chi connectivity index (χ4n) is 3.95. The van der Waals surface area contributed by atoms with E-state index in [2.05, 4.69) is 21.0 Å². The molecule has 11 heteroatoms. The molecule has 0 bridgehead atoms. The zero-order valence-corrected chi connectivity index (χ0v) is 19.9. The smallest absolute Gasteiger partial charge is 0.332 e. The van der Waals surface area contributed by atoms with Crippen LogP contribution in [0.3, 0.4) is 0 Å². The largest absolute Gasteiger partial charge is 0.493 e. The first-order valence-corrected chi connectivity index (χ1v) is 10.9. The predicted octanol–water partition coefficient (Wildman–Crippen LogP) is 2.71. The van der Waals surface area contributed by atoms with Crippen molar-refractivity contribution in [2.24, 2.45) is 21.1 Å². The fourth-order valence-corrected chi connectivity index (χ4v) is 3.95. The number of imidazole rings is 2. The van der Waals surface area contributed by atoms with Gasteiger partial charge in [0.2, 0.25) is 0 Å². The fraction of sp³-hybridized carbons (Fsp3) is 0.160. The van der Waals surface area contributed by atoms with Crippen LogP contribution in [0, 0.1) is 11.3 Å². The number of aromatic nitrogens is 6. The van der Waals surface area contributed by atoms with Gasteiger partial charge in [0, 0.05) is 21.1 Å². The number of para-hydroxylation sites is 2. The first-order chi connectivity index (χ1) is 17.3. The quantitative estimate of drug-likeness (QED) is 0.380. The lowest BCUT2D eigenvalue weighted by Gasteiger charge is -2.10. The van der Waals surface area contributed by atoms with E-state index < -0.39 is 11.2 Å². The summed E-state index contributed by atoms with van der Waals surface area (Å²) in [6.45, 7) is 0. The molecule has 180 valence electrons. The van der Waals surface area contributed by atoms with Crippen LogP contribution in [0.5, 0.6) is 17.5 Å². The highest BCUT2D eigenvalue weighted by atomic mass is 16.5. The Morgan fingerprint density at radius 2 is 1.81 bits per heavy atom. The molecule has 0 aliphatic carbocycles. The summed E-state index contributed by atoms with van der Waals surface area (Å²) in [5, 5.41) is 9.73. The first-order valence-electron chi connectivity index (χ1n) is 10.9. The first kappa shape index (κ1) is 22.7. The van der Waals surface area contributed by atoms with Crippen LogP contribution in [-0.2, 0) is 21.1 Å². The summed E-state index contributed by atoms with van der Waals surface area (Å²) in [7, 11) is 6.08. The molecule has 5 rings (SSSR count). The number of rotatable bonds is 5. The number of hydrogen-bond acceptors (Lipinski definition) is 7. The number of hydrogen-bond donors (Lipinski definition) is 1. The molecule has 1 N–H and O–H groups in total. The lowest BCUT2D eigenvalue weighted by atomic mass is 10.1. The molecule has 0 saturated carbocycles. The molecule has 0 radical (unpaired) electrons. The van der Waals surface area contributed by atoms with Gasteiger partial charge in [-0.15, -0.1) is 0 Å². The van der Waals surface area contributed by atoms with Crippen LogP contribution in [0.4, 0.5) is 0 Å². The zero-order valence-electron chi connectivity index (χ0n) is 19.9. The molecule has 36 heavy (non-hydrogen) atoms. The molecule has 3 aromatic heterocycles. The van der Waals surface area contributed by atoms with Gasteiger partial charge in [-0.05, 0) is 35.9 Å². The number of ether oxygens (including phenoxy) is 2. The van der Waals surface area contributed by atoms with Crippen molar-refractivity contribution in [3.8, 4) is 23.6 Å². The van der Waals surface area contributed by atoms with Crippen molar-refractivity contribution in [1.82, 2.24) is 28.7 Å². The molecule has 0 fully saturated rings. The average molecular weight is 483 g/mol. The summed E-state index contributed by atoms with van der Waals surface area (Å²) in [6.07, 6.45) is 1.69. The number of nitrogens with one attached hydrogen (secondary N) is 1. The van der Waals surface area contributed by atoms with Gasteiger partial charge in [-0.25, -0.2) is 9.78 Å². The van der Waals surface area contributed by atoms with Crippen LogP contribution in [-0.4, -0.2) is 35.8 Å². The van der Waals surface area contributed by atoms with Crippen LogP contribution in [0.1, 0.15) is 11.4 Å². The lowest BCUT2D eigenvalue weighted by molar-refractivity contribution is 0.363. The third-order valence-corrected chi connectivity index (χ3v) is 5.90. The summed E-state index contributed by atoms with van der Waals surface area (Å²) in [6, 6.07) is 15.0. The Hall–Kier alpha value is -5.11. The van der Waals surface area contributed by atoms with Gasteiger partial charge in [0.25, 0.3) is 5.56 Å². The molecule has 0 saturated heterocycles. The normalized spacial score (nSPS) is 11.7. The van der Waals surface area contributed by atoms with Gasteiger partial charge in [0.15, 0.2) is 22.7 Å². The maximum atomic E-state index is 12.6. The molecule has 0 aliphatic heterocycles. The summed E-state index contributed by atoms with van der Waals surface area (Å²) in [4.78, 5) is 36.9. The van der Waals surface area contributed by atoms with E-state index in [0.717, 1.165) is 15.6 Å².